The maximum absolute atomic E-state index is 13.3. The van der Waals surface area contributed by atoms with Gasteiger partial charge in [-0.1, -0.05) is 17.7 Å². The second-order valence-corrected chi connectivity index (χ2v) is 12.5. The molecule has 1 fully saturated rings. The smallest absolute Gasteiger partial charge is 0.416 e. The average Bonchev–Trinajstić information content (AvgIpc) is 3.32. The van der Waals surface area contributed by atoms with E-state index in [-0.39, 0.29) is 29.0 Å². The molecule has 3 aromatic rings. The van der Waals surface area contributed by atoms with Crippen LogP contribution in [-0.4, -0.2) is 60.3 Å². The number of nitrogens with zero attached hydrogens (tertiary/aromatic N) is 3. The summed E-state index contributed by atoms with van der Waals surface area (Å²) in [5, 5.41) is 5.90. The van der Waals surface area contributed by atoms with E-state index in [4.69, 9.17) is 16.3 Å². The molecule has 3 heterocycles. The van der Waals surface area contributed by atoms with E-state index >= 15 is 0 Å². The number of nitrogens with one attached hydrogen (secondary N) is 2. The molecule has 0 saturated carbocycles. The lowest BCUT2D eigenvalue weighted by Crippen LogP contribution is -2.32. The van der Waals surface area contributed by atoms with Gasteiger partial charge < -0.3 is 20.3 Å². The molecule has 41 heavy (non-hydrogen) atoms. The molecule has 1 saturated heterocycles. The molecule has 2 aromatic carbocycles. The van der Waals surface area contributed by atoms with Crippen LogP contribution in [-0.2, 0) is 20.8 Å². The molecule has 0 spiro atoms. The zero-order valence-electron chi connectivity index (χ0n) is 21.7. The van der Waals surface area contributed by atoms with Crippen molar-refractivity contribution in [1.29, 1.82) is 0 Å². The molecule has 0 aliphatic carbocycles. The molecule has 2 N–H and O–H groups in total. The minimum Gasteiger partial charge on any atom is -0.456 e. The Morgan fingerprint density at radius 3 is 2.71 bits per heavy atom. The van der Waals surface area contributed by atoms with Crippen molar-refractivity contribution in [2.45, 2.75) is 24.3 Å². The van der Waals surface area contributed by atoms with Crippen molar-refractivity contribution in [2.24, 2.45) is 0 Å². The van der Waals surface area contributed by atoms with Gasteiger partial charge in [0.2, 0.25) is 5.91 Å². The number of sulfone groups is 1. The largest absolute Gasteiger partial charge is 0.456 e. The number of likely N-dealkylation sites (tertiary alicyclic amines) is 1. The van der Waals surface area contributed by atoms with Gasteiger partial charge in [0, 0.05) is 37.2 Å². The minimum atomic E-state index is -4.51. The maximum atomic E-state index is 13.3. The molecule has 14 heteroatoms. The molecule has 1 aromatic heterocycles. The number of alkyl halides is 3. The SMILES string of the molecule is CS(=O)(=O)C1CCN(C(=O)C2=Cc3c(ncnc3Nc3ccc(Oc4cccc(C(F)(F)F)c4)c(Cl)c3)NCC2)C1. The number of rotatable bonds is 6. The summed E-state index contributed by atoms with van der Waals surface area (Å²) in [5.74, 6) is 0.798. The van der Waals surface area contributed by atoms with Crippen LogP contribution in [0.1, 0.15) is 24.0 Å². The first kappa shape index (κ1) is 28.7. The first-order chi connectivity index (χ1) is 19.4. The third-order valence-electron chi connectivity index (χ3n) is 6.79. The summed E-state index contributed by atoms with van der Waals surface area (Å²) in [4.78, 5) is 23.5. The first-order valence-corrected chi connectivity index (χ1v) is 14.9. The molecular weight excluding hydrogens is 583 g/mol. The number of amides is 1. The highest BCUT2D eigenvalue weighted by Gasteiger charge is 2.34. The fraction of sp³-hybridized carbons (Fsp3) is 0.296. The highest BCUT2D eigenvalue weighted by molar-refractivity contribution is 7.91. The van der Waals surface area contributed by atoms with Crippen molar-refractivity contribution >= 4 is 50.7 Å². The fourth-order valence-corrected chi connectivity index (χ4v) is 5.83. The molecule has 1 atom stereocenters. The molecule has 216 valence electrons. The molecule has 1 unspecified atom stereocenters. The van der Waals surface area contributed by atoms with E-state index < -0.39 is 26.8 Å². The Labute approximate surface area is 239 Å². The summed E-state index contributed by atoms with van der Waals surface area (Å²) in [6.07, 6.45) is 0.535. The molecular formula is C27H25ClF3N5O4S. The average molecular weight is 608 g/mol. The van der Waals surface area contributed by atoms with Crippen molar-refractivity contribution in [3.05, 3.63) is 70.5 Å². The Balaban J connectivity index is 1.36. The topological polar surface area (TPSA) is 114 Å². The van der Waals surface area contributed by atoms with Gasteiger partial charge >= 0.3 is 6.18 Å². The zero-order chi connectivity index (χ0) is 29.4. The van der Waals surface area contributed by atoms with Crippen LogP contribution in [0.25, 0.3) is 6.08 Å². The van der Waals surface area contributed by atoms with E-state index in [2.05, 4.69) is 20.6 Å². The van der Waals surface area contributed by atoms with Gasteiger partial charge in [0.1, 0.15) is 29.5 Å². The summed E-state index contributed by atoms with van der Waals surface area (Å²) >= 11 is 6.39. The normalized spacial score (nSPS) is 17.2. The minimum absolute atomic E-state index is 0.0159. The summed E-state index contributed by atoms with van der Waals surface area (Å²) in [7, 11) is -3.25. The molecule has 9 nitrogen and oxygen atoms in total. The lowest BCUT2D eigenvalue weighted by molar-refractivity contribution is -0.137. The Morgan fingerprint density at radius 1 is 1.20 bits per heavy atom. The van der Waals surface area contributed by atoms with Gasteiger partial charge in [-0.05, 0) is 55.3 Å². The van der Waals surface area contributed by atoms with Crippen LogP contribution in [0.2, 0.25) is 5.02 Å². The van der Waals surface area contributed by atoms with Crippen molar-refractivity contribution < 1.29 is 31.1 Å². The highest BCUT2D eigenvalue weighted by Crippen LogP contribution is 2.37. The summed E-state index contributed by atoms with van der Waals surface area (Å²) < 4.78 is 68.6. The highest BCUT2D eigenvalue weighted by atomic mass is 35.5. The number of benzene rings is 2. The molecule has 2 aliphatic rings. The number of hydrogen-bond acceptors (Lipinski definition) is 8. The Kier molecular flexibility index (Phi) is 7.84. The molecule has 5 rings (SSSR count). The van der Waals surface area contributed by atoms with Crippen LogP contribution in [0.5, 0.6) is 11.5 Å². The van der Waals surface area contributed by atoms with E-state index in [1.54, 1.807) is 17.0 Å². The van der Waals surface area contributed by atoms with Crippen LogP contribution in [0.15, 0.2) is 54.4 Å². The van der Waals surface area contributed by atoms with E-state index in [0.29, 0.717) is 54.4 Å². The van der Waals surface area contributed by atoms with Gasteiger partial charge in [-0.3, -0.25) is 4.79 Å². The van der Waals surface area contributed by atoms with Crippen molar-refractivity contribution in [3.8, 4) is 11.5 Å². The predicted molar refractivity (Wildman–Crippen MR) is 149 cm³/mol. The number of anilines is 3. The number of halogens is 4. The lowest BCUT2D eigenvalue weighted by atomic mass is 10.1. The predicted octanol–water partition coefficient (Wildman–Crippen LogP) is 5.53. The number of ether oxygens (including phenoxy) is 1. The maximum Gasteiger partial charge on any atom is 0.416 e. The van der Waals surface area contributed by atoms with E-state index in [1.165, 1.54) is 36.8 Å². The third-order valence-corrected chi connectivity index (χ3v) is 8.68. The van der Waals surface area contributed by atoms with Crippen LogP contribution in [0.3, 0.4) is 0 Å². The van der Waals surface area contributed by atoms with E-state index in [0.717, 1.165) is 12.1 Å². The fourth-order valence-electron chi connectivity index (χ4n) is 4.63. The van der Waals surface area contributed by atoms with Gasteiger partial charge in [-0.25, -0.2) is 18.4 Å². The summed E-state index contributed by atoms with van der Waals surface area (Å²) in [6.45, 7) is 0.953. The van der Waals surface area contributed by atoms with Crippen LogP contribution in [0.4, 0.5) is 30.5 Å². The second-order valence-electron chi connectivity index (χ2n) is 9.72. The van der Waals surface area contributed by atoms with Crippen LogP contribution in [0, 0.1) is 0 Å². The quantitative estimate of drug-likeness (QED) is 0.376. The van der Waals surface area contributed by atoms with Gasteiger partial charge in [0.25, 0.3) is 0 Å². The summed E-state index contributed by atoms with van der Waals surface area (Å²) in [6, 6.07) is 9.16. The van der Waals surface area contributed by atoms with Gasteiger partial charge in [-0.2, -0.15) is 13.2 Å². The number of carbonyl (C=O) groups excluding carboxylic acids is 1. The Bertz CT molecular complexity index is 1630. The first-order valence-electron chi connectivity index (χ1n) is 12.6. The Hall–Kier alpha value is -3.84. The van der Waals surface area contributed by atoms with Gasteiger partial charge in [0.15, 0.2) is 9.84 Å². The second kappa shape index (κ2) is 11.2. The zero-order valence-corrected chi connectivity index (χ0v) is 23.3. The van der Waals surface area contributed by atoms with E-state index in [1.807, 2.05) is 0 Å². The number of aromatic nitrogens is 2. The number of fused-ring (bicyclic) bond motifs is 1. The number of carbonyl (C=O) groups is 1. The lowest BCUT2D eigenvalue weighted by Gasteiger charge is -2.18. The number of hydrogen-bond donors (Lipinski definition) is 2. The van der Waals surface area contributed by atoms with Crippen molar-refractivity contribution in [1.82, 2.24) is 14.9 Å². The van der Waals surface area contributed by atoms with Crippen LogP contribution >= 0.6 is 11.6 Å². The van der Waals surface area contributed by atoms with Crippen molar-refractivity contribution in [2.75, 3.05) is 36.5 Å². The molecule has 0 bridgehead atoms. The molecule has 1 amide bonds. The molecule has 0 radical (unpaired) electrons. The van der Waals surface area contributed by atoms with Gasteiger partial charge in [0.05, 0.1) is 21.4 Å². The molecule has 2 aliphatic heterocycles. The van der Waals surface area contributed by atoms with Crippen molar-refractivity contribution in [3.63, 3.8) is 0 Å². The monoisotopic (exact) mass is 607 g/mol. The third kappa shape index (κ3) is 6.57. The van der Waals surface area contributed by atoms with Crippen LogP contribution < -0.4 is 15.4 Å². The van der Waals surface area contributed by atoms with Gasteiger partial charge in [-0.15, -0.1) is 0 Å². The Morgan fingerprint density at radius 2 is 2.00 bits per heavy atom. The summed E-state index contributed by atoms with van der Waals surface area (Å²) in [5.41, 5.74) is 0.695. The standard InChI is InChI=1S/C27H25ClF3N5O4S/c1-41(38,39)20-8-10-36(14-20)26(37)16-7-9-32-24-21(11-16)25(34-15-33-24)35-18-5-6-23(22(28)13-18)40-19-4-2-3-17(12-19)27(29,30)31/h2-6,11-13,15,20H,7-10,14H2,1H3,(H2,32,33,34,35). The van der Waals surface area contributed by atoms with E-state index in [9.17, 15) is 26.4 Å².